The van der Waals surface area contributed by atoms with Crippen LogP contribution in [0.2, 0.25) is 0 Å². The van der Waals surface area contributed by atoms with Gasteiger partial charge in [0, 0.05) is 24.7 Å². The highest BCUT2D eigenvalue weighted by atomic mass is 16.5. The number of hydrogen-bond acceptors (Lipinski definition) is 3. The maximum Gasteiger partial charge on any atom is 0.333 e. The molecule has 1 saturated heterocycles. The first-order valence-corrected chi connectivity index (χ1v) is 11.9. The topological polar surface area (TPSA) is 46.6 Å². The van der Waals surface area contributed by atoms with Crippen molar-refractivity contribution in [3.05, 3.63) is 24.4 Å². The van der Waals surface area contributed by atoms with Crippen molar-refractivity contribution in [1.82, 2.24) is 4.90 Å². The largest absolute Gasteiger partial charge is 0.455 e. The molecule has 0 aromatic heterocycles. The summed E-state index contributed by atoms with van der Waals surface area (Å²) in [5.74, 6) is -0.206. The average Bonchev–Trinajstić information content (AvgIpc) is 3.11. The molecule has 1 atom stereocenters. The Bertz CT molecular complexity index is 512. The van der Waals surface area contributed by atoms with Crippen LogP contribution in [-0.2, 0) is 14.3 Å². The molecule has 4 heteroatoms. The summed E-state index contributed by atoms with van der Waals surface area (Å²) in [6, 6.07) is 0. The maximum absolute atomic E-state index is 11.9. The molecule has 1 fully saturated rings. The minimum absolute atomic E-state index is 0.150. The molecule has 1 unspecified atom stereocenters. The van der Waals surface area contributed by atoms with E-state index in [0.29, 0.717) is 12.0 Å². The number of carbonyl (C=O) groups excluding carboxylic acids is 2. The van der Waals surface area contributed by atoms with Crippen LogP contribution in [0, 0.1) is 0 Å². The Hall–Kier alpha value is -1.58. The molecule has 1 rings (SSSR count). The predicted molar refractivity (Wildman–Crippen MR) is 120 cm³/mol. The highest BCUT2D eigenvalue weighted by molar-refractivity contribution is 5.87. The van der Waals surface area contributed by atoms with E-state index in [1.807, 2.05) is 6.08 Å². The molecule has 4 nitrogen and oxygen atoms in total. The van der Waals surface area contributed by atoms with E-state index in [9.17, 15) is 9.59 Å². The number of ether oxygens (including phenoxy) is 1. The molecule has 0 radical (unpaired) electrons. The van der Waals surface area contributed by atoms with Crippen molar-refractivity contribution >= 4 is 11.9 Å². The first-order chi connectivity index (χ1) is 14.0. The maximum atomic E-state index is 11.9. The van der Waals surface area contributed by atoms with E-state index in [-0.39, 0.29) is 18.0 Å². The molecular weight excluding hydrogens is 362 g/mol. The molecule has 0 N–H and O–H groups in total. The highest BCUT2D eigenvalue weighted by Crippen LogP contribution is 2.16. The summed E-state index contributed by atoms with van der Waals surface area (Å²) in [5.41, 5.74) is 0.412. The number of nitrogens with zero attached hydrogens (tertiary/aromatic N) is 1. The van der Waals surface area contributed by atoms with Crippen LogP contribution in [0.4, 0.5) is 0 Å². The molecular formula is C25H43NO3. The van der Waals surface area contributed by atoms with Crippen molar-refractivity contribution < 1.29 is 14.3 Å². The lowest BCUT2D eigenvalue weighted by Crippen LogP contribution is -2.21. The molecule has 1 amide bonds. The molecule has 0 aliphatic carbocycles. The van der Waals surface area contributed by atoms with Gasteiger partial charge in [-0.15, -0.1) is 0 Å². The zero-order valence-electron chi connectivity index (χ0n) is 18.9. The van der Waals surface area contributed by atoms with E-state index in [4.69, 9.17) is 4.74 Å². The number of unbranched alkanes of at least 4 members (excludes halogenated alkanes) is 11. The molecule has 0 bridgehead atoms. The number of rotatable bonds is 17. The Kier molecular flexibility index (Phi) is 14.3. The fourth-order valence-electron chi connectivity index (χ4n) is 3.65. The zero-order valence-corrected chi connectivity index (χ0v) is 18.9. The number of carbonyl (C=O) groups is 2. The first kappa shape index (κ1) is 25.5. The second-order valence-corrected chi connectivity index (χ2v) is 8.43. The lowest BCUT2D eigenvalue weighted by Gasteiger charge is -2.16. The molecule has 29 heavy (non-hydrogen) atoms. The van der Waals surface area contributed by atoms with Gasteiger partial charge in [0.2, 0.25) is 5.91 Å². The third-order valence-electron chi connectivity index (χ3n) is 5.54. The summed E-state index contributed by atoms with van der Waals surface area (Å²) >= 11 is 0. The third kappa shape index (κ3) is 12.6. The van der Waals surface area contributed by atoms with Gasteiger partial charge in [-0.05, 0) is 32.3 Å². The molecule has 1 aliphatic rings. The Morgan fingerprint density at radius 1 is 1.03 bits per heavy atom. The van der Waals surface area contributed by atoms with Gasteiger partial charge < -0.3 is 9.64 Å². The fourth-order valence-corrected chi connectivity index (χ4v) is 3.65. The Labute approximate surface area is 178 Å². The second-order valence-electron chi connectivity index (χ2n) is 8.43. The molecule has 1 heterocycles. The number of hydrogen-bond donors (Lipinski definition) is 0. The minimum Gasteiger partial charge on any atom is -0.455 e. The highest BCUT2D eigenvalue weighted by Gasteiger charge is 2.19. The average molecular weight is 406 g/mol. The number of esters is 1. The van der Waals surface area contributed by atoms with E-state index in [1.165, 1.54) is 64.2 Å². The Morgan fingerprint density at radius 3 is 2.07 bits per heavy atom. The van der Waals surface area contributed by atoms with Gasteiger partial charge in [-0.3, -0.25) is 4.79 Å². The van der Waals surface area contributed by atoms with Crippen molar-refractivity contribution in [3.63, 3.8) is 0 Å². The van der Waals surface area contributed by atoms with E-state index in [2.05, 4.69) is 13.5 Å². The van der Waals surface area contributed by atoms with Crippen LogP contribution >= 0.6 is 0 Å². The fraction of sp³-hybridized carbons (Fsp3) is 0.760. The lowest BCUT2D eigenvalue weighted by molar-refractivity contribution is -0.142. The molecule has 166 valence electrons. The van der Waals surface area contributed by atoms with Crippen LogP contribution < -0.4 is 0 Å². The summed E-state index contributed by atoms with van der Waals surface area (Å²) in [6.07, 6.45) is 21.4. The van der Waals surface area contributed by atoms with E-state index >= 15 is 0 Å². The molecule has 0 spiro atoms. The summed E-state index contributed by atoms with van der Waals surface area (Å²) in [6.45, 7) is 8.34. The summed E-state index contributed by atoms with van der Waals surface area (Å²) in [7, 11) is 0. The lowest BCUT2D eigenvalue weighted by atomic mass is 10.0. The quantitative estimate of drug-likeness (QED) is 0.154. The van der Waals surface area contributed by atoms with Crippen LogP contribution in [0.1, 0.15) is 110 Å². The smallest absolute Gasteiger partial charge is 0.333 e. The molecule has 0 aromatic carbocycles. The number of amides is 1. The van der Waals surface area contributed by atoms with Crippen LogP contribution in [0.5, 0.6) is 0 Å². The Balaban J connectivity index is 2.18. The van der Waals surface area contributed by atoms with Crippen LogP contribution in [0.3, 0.4) is 0 Å². The van der Waals surface area contributed by atoms with Gasteiger partial charge in [-0.2, -0.15) is 0 Å². The standard InChI is InChI=1S/C25H43NO3/c1-4-5-6-7-8-9-10-11-12-13-14-15-17-23(29-25(28)22(2)3)19-21-26-20-16-18-24(26)27/h19,21,23H,2,4-18,20H2,1,3H3. The predicted octanol–water partition coefficient (Wildman–Crippen LogP) is 6.70. The summed E-state index contributed by atoms with van der Waals surface area (Å²) in [5, 5.41) is 0. The Morgan fingerprint density at radius 2 is 1.59 bits per heavy atom. The molecule has 0 aromatic rings. The second kappa shape index (κ2) is 16.2. The third-order valence-corrected chi connectivity index (χ3v) is 5.54. The molecule has 1 aliphatic heterocycles. The van der Waals surface area contributed by atoms with E-state index < -0.39 is 0 Å². The van der Waals surface area contributed by atoms with Crippen molar-refractivity contribution in [2.45, 2.75) is 116 Å². The van der Waals surface area contributed by atoms with Crippen LogP contribution in [-0.4, -0.2) is 29.4 Å². The van der Waals surface area contributed by atoms with Gasteiger partial charge in [-0.1, -0.05) is 84.1 Å². The molecule has 0 saturated carbocycles. The van der Waals surface area contributed by atoms with Crippen molar-refractivity contribution in [2.24, 2.45) is 0 Å². The van der Waals surface area contributed by atoms with E-state index in [1.54, 1.807) is 18.0 Å². The van der Waals surface area contributed by atoms with Gasteiger partial charge in [0.1, 0.15) is 6.10 Å². The SMILES string of the molecule is C=C(C)C(=O)OC(C=CN1CCCC1=O)CCCCCCCCCCCCCC. The van der Waals surface area contributed by atoms with Crippen molar-refractivity contribution in [3.8, 4) is 0 Å². The number of likely N-dealkylation sites (tertiary alicyclic amines) is 1. The minimum atomic E-state index is -0.355. The van der Waals surface area contributed by atoms with Gasteiger partial charge in [-0.25, -0.2) is 4.79 Å². The van der Waals surface area contributed by atoms with Crippen molar-refractivity contribution in [2.75, 3.05) is 6.54 Å². The van der Waals surface area contributed by atoms with Gasteiger partial charge in [0.25, 0.3) is 0 Å². The zero-order chi connectivity index (χ0) is 21.3. The van der Waals surface area contributed by atoms with Crippen molar-refractivity contribution in [1.29, 1.82) is 0 Å². The normalized spacial score (nSPS) is 15.2. The monoisotopic (exact) mass is 405 g/mol. The summed E-state index contributed by atoms with van der Waals surface area (Å²) in [4.78, 5) is 25.4. The van der Waals surface area contributed by atoms with E-state index in [0.717, 1.165) is 32.2 Å². The first-order valence-electron chi connectivity index (χ1n) is 11.9. The van der Waals surface area contributed by atoms with Crippen LogP contribution in [0.15, 0.2) is 24.4 Å². The summed E-state index contributed by atoms with van der Waals surface area (Å²) < 4.78 is 5.54. The van der Waals surface area contributed by atoms with Gasteiger partial charge in [0.05, 0.1) is 0 Å². The van der Waals surface area contributed by atoms with Gasteiger partial charge in [0.15, 0.2) is 0 Å². The van der Waals surface area contributed by atoms with Gasteiger partial charge >= 0.3 is 5.97 Å². The van der Waals surface area contributed by atoms with Crippen LogP contribution in [0.25, 0.3) is 0 Å².